The first kappa shape index (κ1) is 16.0. The predicted octanol–water partition coefficient (Wildman–Crippen LogP) is 2.54. The van der Waals surface area contributed by atoms with Crippen molar-refractivity contribution in [2.75, 3.05) is 13.7 Å². The number of methoxy groups -OCH3 is 1. The maximum Gasteiger partial charge on any atom is 0.251 e. The summed E-state index contributed by atoms with van der Waals surface area (Å²) >= 11 is 5.22. The molecule has 0 bridgehead atoms. The molecule has 114 valence electrons. The fourth-order valence-corrected chi connectivity index (χ4v) is 2.01. The molecule has 22 heavy (non-hydrogen) atoms. The average Bonchev–Trinajstić information content (AvgIpc) is 2.58. The van der Waals surface area contributed by atoms with Crippen LogP contribution >= 0.6 is 12.2 Å². The molecule has 4 nitrogen and oxygen atoms in total. The van der Waals surface area contributed by atoms with Gasteiger partial charge in [-0.3, -0.25) is 4.79 Å². The highest BCUT2D eigenvalue weighted by Crippen LogP contribution is 2.10. The van der Waals surface area contributed by atoms with E-state index in [0.29, 0.717) is 23.6 Å². The van der Waals surface area contributed by atoms with Gasteiger partial charge in [0.05, 0.1) is 18.6 Å². The third kappa shape index (κ3) is 4.86. The minimum absolute atomic E-state index is 0.161. The van der Waals surface area contributed by atoms with Gasteiger partial charge in [0.15, 0.2) is 0 Å². The van der Waals surface area contributed by atoms with Gasteiger partial charge in [-0.2, -0.15) is 0 Å². The molecule has 0 fully saturated rings. The number of nitrogens with one attached hydrogen (secondary N) is 2. The molecule has 2 rings (SSSR count). The highest BCUT2D eigenvalue weighted by Gasteiger charge is 2.06. The molecule has 0 radical (unpaired) electrons. The monoisotopic (exact) mass is 314 g/mol. The summed E-state index contributed by atoms with van der Waals surface area (Å²) in [7, 11) is 1.59. The number of hydrogen-bond acceptors (Lipinski definition) is 3. The minimum Gasteiger partial charge on any atom is -0.497 e. The van der Waals surface area contributed by atoms with E-state index in [-0.39, 0.29) is 5.91 Å². The van der Waals surface area contributed by atoms with Crippen LogP contribution < -0.4 is 15.4 Å². The first-order valence-corrected chi connectivity index (χ1v) is 7.33. The van der Waals surface area contributed by atoms with Gasteiger partial charge in [0, 0.05) is 12.1 Å². The molecule has 0 aliphatic heterocycles. The summed E-state index contributed by atoms with van der Waals surface area (Å²) in [5.74, 6) is 0.558. The van der Waals surface area contributed by atoms with E-state index >= 15 is 0 Å². The molecule has 0 atom stereocenters. The Morgan fingerprint density at radius 2 is 1.73 bits per heavy atom. The average molecular weight is 314 g/mol. The van der Waals surface area contributed by atoms with Crippen LogP contribution in [0.3, 0.4) is 0 Å². The first-order chi connectivity index (χ1) is 10.7. The zero-order chi connectivity index (χ0) is 15.8. The van der Waals surface area contributed by atoms with E-state index in [9.17, 15) is 4.79 Å². The van der Waals surface area contributed by atoms with Crippen LogP contribution in [0, 0.1) is 0 Å². The fraction of sp³-hybridized carbons (Fsp3) is 0.176. The van der Waals surface area contributed by atoms with E-state index < -0.39 is 0 Å². The van der Waals surface area contributed by atoms with Gasteiger partial charge >= 0.3 is 0 Å². The van der Waals surface area contributed by atoms with Crippen molar-refractivity contribution >= 4 is 23.1 Å². The summed E-state index contributed by atoms with van der Waals surface area (Å²) in [6.07, 6.45) is 0. The number of thiocarbonyl (C=S) groups is 1. The number of amides is 1. The van der Waals surface area contributed by atoms with E-state index in [0.717, 1.165) is 11.3 Å². The van der Waals surface area contributed by atoms with Crippen LogP contribution in [0.1, 0.15) is 15.9 Å². The van der Waals surface area contributed by atoms with Crippen LogP contribution in [0.2, 0.25) is 0 Å². The van der Waals surface area contributed by atoms with Gasteiger partial charge in [-0.15, -0.1) is 0 Å². The van der Waals surface area contributed by atoms with Crippen molar-refractivity contribution in [1.82, 2.24) is 10.6 Å². The second kappa shape index (κ2) is 8.14. The number of rotatable bonds is 6. The molecule has 0 heterocycles. The van der Waals surface area contributed by atoms with Crippen molar-refractivity contribution in [2.24, 2.45) is 0 Å². The minimum atomic E-state index is -0.161. The van der Waals surface area contributed by atoms with E-state index in [4.69, 9.17) is 17.0 Å². The lowest BCUT2D eigenvalue weighted by molar-refractivity contribution is 0.0959. The zero-order valence-electron chi connectivity index (χ0n) is 12.3. The molecule has 2 aromatic rings. The van der Waals surface area contributed by atoms with Gasteiger partial charge in [0.25, 0.3) is 5.91 Å². The quantitative estimate of drug-likeness (QED) is 0.805. The van der Waals surface area contributed by atoms with Crippen molar-refractivity contribution < 1.29 is 9.53 Å². The predicted molar refractivity (Wildman–Crippen MR) is 91.2 cm³/mol. The lowest BCUT2D eigenvalue weighted by atomic mass is 10.2. The Bertz CT molecular complexity index is 627. The maximum atomic E-state index is 12.0. The van der Waals surface area contributed by atoms with Gasteiger partial charge in [-0.1, -0.05) is 42.5 Å². The molecule has 1 amide bonds. The van der Waals surface area contributed by atoms with Crippen LogP contribution in [0.25, 0.3) is 0 Å². The molecular weight excluding hydrogens is 296 g/mol. The molecule has 0 spiro atoms. The Hall–Kier alpha value is -2.40. The third-order valence-corrected chi connectivity index (χ3v) is 3.38. The van der Waals surface area contributed by atoms with Gasteiger partial charge in [-0.25, -0.2) is 0 Å². The standard InChI is InChI=1S/C17H18N2O2S/c1-21-15-9-7-14(8-10-15)17(20)19-12-16(22)18-11-13-5-3-2-4-6-13/h2-10H,11-12H2,1H3,(H,18,22)(H,19,20). The molecule has 0 aromatic heterocycles. The first-order valence-electron chi connectivity index (χ1n) is 6.92. The second-order valence-electron chi connectivity index (χ2n) is 4.67. The van der Waals surface area contributed by atoms with Crippen molar-refractivity contribution in [3.8, 4) is 5.75 Å². The molecule has 0 saturated carbocycles. The lowest BCUT2D eigenvalue weighted by Crippen LogP contribution is -2.35. The number of hydrogen-bond donors (Lipinski definition) is 2. The molecule has 5 heteroatoms. The molecule has 0 aliphatic rings. The van der Waals surface area contributed by atoms with E-state index in [1.165, 1.54) is 0 Å². The molecule has 2 N–H and O–H groups in total. The summed E-state index contributed by atoms with van der Waals surface area (Å²) in [6.45, 7) is 0.963. The third-order valence-electron chi connectivity index (χ3n) is 3.09. The summed E-state index contributed by atoms with van der Waals surface area (Å²) in [5.41, 5.74) is 1.72. The van der Waals surface area contributed by atoms with Crippen LogP contribution in [0.4, 0.5) is 0 Å². The van der Waals surface area contributed by atoms with Crippen molar-refractivity contribution in [3.05, 3.63) is 65.7 Å². The topological polar surface area (TPSA) is 50.4 Å². The Morgan fingerprint density at radius 3 is 2.36 bits per heavy atom. The highest BCUT2D eigenvalue weighted by molar-refractivity contribution is 7.80. The summed E-state index contributed by atoms with van der Waals surface area (Å²) in [4.78, 5) is 12.6. The van der Waals surface area contributed by atoms with E-state index in [1.807, 2.05) is 30.3 Å². The smallest absolute Gasteiger partial charge is 0.251 e. The lowest BCUT2D eigenvalue weighted by Gasteiger charge is -2.10. The normalized spacial score (nSPS) is 9.86. The van der Waals surface area contributed by atoms with E-state index in [2.05, 4.69) is 10.6 Å². The molecule has 2 aromatic carbocycles. The molecule has 0 aliphatic carbocycles. The molecular formula is C17H18N2O2S. The van der Waals surface area contributed by atoms with Crippen LogP contribution in [-0.2, 0) is 6.54 Å². The summed E-state index contributed by atoms with van der Waals surface area (Å²) in [5, 5.41) is 5.91. The van der Waals surface area contributed by atoms with Gasteiger partial charge in [0.1, 0.15) is 5.75 Å². The van der Waals surface area contributed by atoms with E-state index in [1.54, 1.807) is 31.4 Å². The Labute approximate surface area is 135 Å². The van der Waals surface area contributed by atoms with Crippen molar-refractivity contribution in [3.63, 3.8) is 0 Å². The van der Waals surface area contributed by atoms with Crippen LogP contribution in [0.15, 0.2) is 54.6 Å². The number of ether oxygens (including phenoxy) is 1. The second-order valence-corrected chi connectivity index (χ2v) is 5.17. The number of carbonyl (C=O) groups excluding carboxylic acids is 1. The number of benzene rings is 2. The van der Waals surface area contributed by atoms with Crippen LogP contribution in [0.5, 0.6) is 5.75 Å². The summed E-state index contributed by atoms with van der Waals surface area (Å²) in [6, 6.07) is 16.9. The zero-order valence-corrected chi connectivity index (χ0v) is 13.2. The Morgan fingerprint density at radius 1 is 1.05 bits per heavy atom. The Kier molecular flexibility index (Phi) is 5.91. The largest absolute Gasteiger partial charge is 0.497 e. The van der Waals surface area contributed by atoms with Gasteiger partial charge in [-0.05, 0) is 29.8 Å². The Balaban J connectivity index is 1.76. The molecule has 0 unspecified atom stereocenters. The molecule has 0 saturated heterocycles. The van der Waals surface area contributed by atoms with Gasteiger partial charge in [0.2, 0.25) is 0 Å². The highest BCUT2D eigenvalue weighted by atomic mass is 32.1. The van der Waals surface area contributed by atoms with Crippen molar-refractivity contribution in [1.29, 1.82) is 0 Å². The SMILES string of the molecule is COc1ccc(C(=O)NCC(=S)NCc2ccccc2)cc1. The van der Waals surface area contributed by atoms with Gasteiger partial charge < -0.3 is 15.4 Å². The fourth-order valence-electron chi connectivity index (χ4n) is 1.86. The maximum absolute atomic E-state index is 12.0. The van der Waals surface area contributed by atoms with Crippen molar-refractivity contribution in [2.45, 2.75) is 6.54 Å². The summed E-state index contributed by atoms with van der Waals surface area (Å²) < 4.78 is 5.06. The van der Waals surface area contributed by atoms with Crippen LogP contribution in [-0.4, -0.2) is 24.6 Å². The number of carbonyl (C=O) groups is 1.